The summed E-state index contributed by atoms with van der Waals surface area (Å²) < 4.78 is 20.3. The summed E-state index contributed by atoms with van der Waals surface area (Å²) in [6, 6.07) is 17.5. The molecule has 2 saturated heterocycles. The van der Waals surface area contributed by atoms with Crippen molar-refractivity contribution in [2.45, 2.75) is 38.3 Å². The van der Waals surface area contributed by atoms with Crippen molar-refractivity contribution < 1.29 is 23.5 Å². The summed E-state index contributed by atoms with van der Waals surface area (Å²) in [6.45, 7) is 2.82. The van der Waals surface area contributed by atoms with E-state index in [0.29, 0.717) is 12.3 Å². The minimum atomic E-state index is -0.966. The largest absolute Gasteiger partial charge is 0.376 e. The highest BCUT2D eigenvalue weighted by atomic mass is 32.1. The molecule has 0 saturated carbocycles. The summed E-state index contributed by atoms with van der Waals surface area (Å²) in [5.41, 5.74) is 3.68. The molecular formula is C30H26FN3O4S. The summed E-state index contributed by atoms with van der Waals surface area (Å²) in [7, 11) is 0. The third-order valence-corrected chi connectivity index (χ3v) is 8.26. The summed E-state index contributed by atoms with van der Waals surface area (Å²) in [6.07, 6.45) is 1.28. The van der Waals surface area contributed by atoms with Gasteiger partial charge in [0.15, 0.2) is 0 Å². The molecule has 3 aromatic carbocycles. The van der Waals surface area contributed by atoms with Gasteiger partial charge in [-0.2, -0.15) is 0 Å². The van der Waals surface area contributed by atoms with Gasteiger partial charge in [0.1, 0.15) is 16.9 Å². The smallest absolute Gasteiger partial charge is 0.257 e. The molecule has 0 spiro atoms. The minimum Gasteiger partial charge on any atom is -0.376 e. The van der Waals surface area contributed by atoms with E-state index in [1.165, 1.54) is 34.7 Å². The Kier molecular flexibility index (Phi) is 6.70. The fraction of sp³-hybridized carbons (Fsp3) is 0.267. The van der Waals surface area contributed by atoms with Crippen LogP contribution in [-0.2, 0) is 14.3 Å². The van der Waals surface area contributed by atoms with Crippen LogP contribution >= 0.6 is 11.3 Å². The van der Waals surface area contributed by atoms with Gasteiger partial charge in [-0.05, 0) is 86.0 Å². The molecule has 2 aliphatic rings. The lowest BCUT2D eigenvalue weighted by Crippen LogP contribution is -2.48. The van der Waals surface area contributed by atoms with E-state index in [1.807, 2.05) is 31.2 Å². The van der Waals surface area contributed by atoms with E-state index in [-0.39, 0.29) is 30.5 Å². The normalized spacial score (nSPS) is 19.3. The molecule has 9 heteroatoms. The molecule has 6 rings (SSSR count). The number of nitrogens with zero attached hydrogens (tertiary/aromatic N) is 3. The Hall–Kier alpha value is -3.95. The SMILES string of the molecule is Cc1ccc2nc(-c3ccc(N4C(=O)CC(N(CC5CCCO5)C(=O)c5ccc(F)cc5)C4=O)cc3)sc2c1. The fourth-order valence-corrected chi connectivity index (χ4v) is 6.23. The first-order valence-electron chi connectivity index (χ1n) is 12.9. The zero-order chi connectivity index (χ0) is 27.1. The van der Waals surface area contributed by atoms with Gasteiger partial charge in [-0.15, -0.1) is 11.3 Å². The van der Waals surface area contributed by atoms with E-state index in [0.717, 1.165) is 38.5 Å². The molecule has 2 fully saturated rings. The van der Waals surface area contributed by atoms with Crippen LogP contribution in [-0.4, -0.2) is 52.9 Å². The Bertz CT molecular complexity index is 1560. The molecule has 1 aromatic heterocycles. The summed E-state index contributed by atoms with van der Waals surface area (Å²) in [4.78, 5) is 47.5. The Morgan fingerprint density at radius 2 is 1.87 bits per heavy atom. The monoisotopic (exact) mass is 543 g/mol. The number of carbonyl (C=O) groups is 3. The lowest BCUT2D eigenvalue weighted by molar-refractivity contribution is -0.122. The number of halogens is 1. The molecule has 3 heterocycles. The van der Waals surface area contributed by atoms with Crippen LogP contribution in [0, 0.1) is 12.7 Å². The van der Waals surface area contributed by atoms with E-state index < -0.39 is 23.7 Å². The van der Waals surface area contributed by atoms with Crippen molar-refractivity contribution in [1.29, 1.82) is 0 Å². The molecule has 0 N–H and O–H groups in total. The van der Waals surface area contributed by atoms with E-state index >= 15 is 0 Å². The topological polar surface area (TPSA) is 79.8 Å². The molecule has 2 atom stereocenters. The van der Waals surface area contributed by atoms with E-state index in [4.69, 9.17) is 9.72 Å². The molecule has 3 amide bonds. The molecule has 198 valence electrons. The maximum Gasteiger partial charge on any atom is 0.257 e. The van der Waals surface area contributed by atoms with Gasteiger partial charge < -0.3 is 9.64 Å². The van der Waals surface area contributed by atoms with Crippen molar-refractivity contribution in [2.24, 2.45) is 0 Å². The number of rotatable bonds is 6. The lowest BCUT2D eigenvalue weighted by Gasteiger charge is -2.30. The third kappa shape index (κ3) is 4.95. The highest BCUT2D eigenvalue weighted by Crippen LogP contribution is 2.33. The number of anilines is 1. The highest BCUT2D eigenvalue weighted by Gasteiger charge is 2.45. The summed E-state index contributed by atoms with van der Waals surface area (Å²) in [5.74, 6) is -1.73. The number of hydrogen-bond donors (Lipinski definition) is 0. The van der Waals surface area contributed by atoms with E-state index in [1.54, 1.807) is 23.5 Å². The molecule has 7 nitrogen and oxygen atoms in total. The number of carbonyl (C=O) groups excluding carboxylic acids is 3. The first-order valence-corrected chi connectivity index (χ1v) is 13.7. The van der Waals surface area contributed by atoms with Crippen LogP contribution in [0.15, 0.2) is 66.7 Å². The van der Waals surface area contributed by atoms with Crippen LogP contribution in [0.1, 0.15) is 35.2 Å². The number of aryl methyl sites for hydroxylation is 1. The van der Waals surface area contributed by atoms with Crippen molar-refractivity contribution >= 4 is 45.0 Å². The van der Waals surface area contributed by atoms with Gasteiger partial charge in [-0.1, -0.05) is 6.07 Å². The lowest BCUT2D eigenvalue weighted by atomic mass is 10.1. The van der Waals surface area contributed by atoms with Gasteiger partial charge >= 0.3 is 0 Å². The molecule has 2 unspecified atom stereocenters. The fourth-order valence-electron chi connectivity index (χ4n) is 5.16. The van der Waals surface area contributed by atoms with Gasteiger partial charge in [-0.3, -0.25) is 14.4 Å². The molecule has 0 aliphatic carbocycles. The van der Waals surface area contributed by atoms with Crippen molar-refractivity contribution in [3.05, 3.63) is 83.7 Å². The van der Waals surface area contributed by atoms with Gasteiger partial charge in [0.05, 0.1) is 28.4 Å². The van der Waals surface area contributed by atoms with Crippen molar-refractivity contribution in [1.82, 2.24) is 9.88 Å². The number of hydrogen-bond acceptors (Lipinski definition) is 6. The van der Waals surface area contributed by atoms with Gasteiger partial charge in [0.2, 0.25) is 5.91 Å². The summed E-state index contributed by atoms with van der Waals surface area (Å²) in [5, 5.41) is 0.853. The number of imide groups is 1. The molecule has 2 aliphatic heterocycles. The van der Waals surface area contributed by atoms with Crippen LogP contribution in [0.4, 0.5) is 10.1 Å². The highest BCUT2D eigenvalue weighted by molar-refractivity contribution is 7.21. The second-order valence-corrected chi connectivity index (χ2v) is 11.0. The number of aromatic nitrogens is 1. The molecule has 4 aromatic rings. The van der Waals surface area contributed by atoms with Crippen LogP contribution in [0.25, 0.3) is 20.8 Å². The Balaban J connectivity index is 1.26. The molecule has 0 bridgehead atoms. The quantitative estimate of drug-likeness (QED) is 0.306. The minimum absolute atomic E-state index is 0.128. The standard InChI is InChI=1S/C30H26FN3O4S/c1-18-4-13-24-26(15-18)39-28(32-24)19-7-11-22(12-8-19)34-27(35)16-25(30(34)37)33(17-23-3-2-14-38-23)29(36)20-5-9-21(31)10-6-20/h4-13,15,23,25H,2-3,14,16-17H2,1H3. The van der Waals surface area contributed by atoms with E-state index in [2.05, 4.69) is 6.07 Å². The average Bonchev–Trinajstić information content (AvgIpc) is 3.66. The van der Waals surface area contributed by atoms with Crippen molar-refractivity contribution in [3.8, 4) is 10.6 Å². The van der Waals surface area contributed by atoms with Crippen molar-refractivity contribution in [2.75, 3.05) is 18.1 Å². The van der Waals surface area contributed by atoms with Gasteiger partial charge in [-0.25, -0.2) is 14.3 Å². The number of amides is 3. The third-order valence-electron chi connectivity index (χ3n) is 7.19. The number of benzene rings is 3. The zero-order valence-electron chi connectivity index (χ0n) is 21.3. The number of thiazole rings is 1. The first-order chi connectivity index (χ1) is 18.9. The van der Waals surface area contributed by atoms with Crippen LogP contribution in [0.3, 0.4) is 0 Å². The predicted octanol–water partition coefficient (Wildman–Crippen LogP) is 5.36. The molecule has 39 heavy (non-hydrogen) atoms. The van der Waals surface area contributed by atoms with Crippen LogP contribution < -0.4 is 4.90 Å². The Labute approximate surface area is 228 Å². The first kappa shape index (κ1) is 25.3. The molecular weight excluding hydrogens is 517 g/mol. The predicted molar refractivity (Wildman–Crippen MR) is 147 cm³/mol. The maximum atomic E-state index is 13.6. The molecule has 0 radical (unpaired) electrons. The number of ether oxygens (including phenoxy) is 1. The second kappa shape index (κ2) is 10.3. The maximum absolute atomic E-state index is 13.6. The van der Waals surface area contributed by atoms with Crippen molar-refractivity contribution in [3.63, 3.8) is 0 Å². The van der Waals surface area contributed by atoms with Crippen LogP contribution in [0.2, 0.25) is 0 Å². The Morgan fingerprint density at radius 3 is 2.59 bits per heavy atom. The Morgan fingerprint density at radius 1 is 1.10 bits per heavy atom. The van der Waals surface area contributed by atoms with E-state index in [9.17, 15) is 18.8 Å². The van der Waals surface area contributed by atoms with Crippen LogP contribution in [0.5, 0.6) is 0 Å². The second-order valence-electron chi connectivity index (χ2n) is 9.92. The average molecular weight is 544 g/mol. The van der Waals surface area contributed by atoms with Gasteiger partial charge in [0.25, 0.3) is 11.8 Å². The van der Waals surface area contributed by atoms with Gasteiger partial charge in [0, 0.05) is 24.3 Å². The number of fused-ring (bicyclic) bond motifs is 1. The zero-order valence-corrected chi connectivity index (χ0v) is 22.1. The summed E-state index contributed by atoms with van der Waals surface area (Å²) >= 11 is 1.59.